The van der Waals surface area contributed by atoms with E-state index in [1.165, 1.54) is 18.5 Å². The minimum Gasteiger partial charge on any atom is -0.340 e. The third-order valence-corrected chi connectivity index (χ3v) is 3.98. The summed E-state index contributed by atoms with van der Waals surface area (Å²) in [6.45, 7) is 0.577. The lowest BCUT2D eigenvalue weighted by molar-refractivity contribution is 0.377. The highest BCUT2D eigenvalue weighted by Crippen LogP contribution is 2.10. The Morgan fingerprint density at radius 1 is 1.26 bits per heavy atom. The Bertz CT molecular complexity index is 608. The number of benzene rings is 1. The summed E-state index contributed by atoms with van der Waals surface area (Å²) in [5, 5.41) is 3.44. The van der Waals surface area contributed by atoms with Crippen molar-refractivity contribution in [2.24, 2.45) is 5.73 Å². The maximum absolute atomic E-state index is 12.0. The highest BCUT2D eigenvalue weighted by atomic mass is 32.2. The maximum Gasteiger partial charge on any atom is 0.240 e. The highest BCUT2D eigenvalue weighted by Gasteiger charge is 2.13. The lowest BCUT2D eigenvalue weighted by Crippen LogP contribution is -2.26. The summed E-state index contributed by atoms with van der Waals surface area (Å²) < 4.78 is 31.1. The molecule has 0 atom stereocenters. The van der Waals surface area contributed by atoms with Gasteiger partial charge in [0.25, 0.3) is 0 Å². The van der Waals surface area contributed by atoms with E-state index in [0.717, 1.165) is 5.56 Å². The van der Waals surface area contributed by atoms with Gasteiger partial charge in [-0.1, -0.05) is 17.3 Å². The first-order valence-electron chi connectivity index (χ1n) is 5.66. The van der Waals surface area contributed by atoms with Crippen molar-refractivity contribution in [1.82, 2.24) is 14.9 Å². The van der Waals surface area contributed by atoms with Crippen molar-refractivity contribution in [3.05, 3.63) is 42.0 Å². The zero-order chi connectivity index (χ0) is 13.7. The number of aromatic nitrogens is 2. The summed E-state index contributed by atoms with van der Waals surface area (Å²) in [4.78, 5) is 4.01. The molecule has 2 rings (SSSR count). The van der Waals surface area contributed by atoms with Crippen LogP contribution in [-0.4, -0.2) is 25.1 Å². The van der Waals surface area contributed by atoms with Gasteiger partial charge in [0.1, 0.15) is 0 Å². The molecule has 8 heteroatoms. The molecule has 0 bridgehead atoms. The third kappa shape index (κ3) is 3.60. The maximum atomic E-state index is 12.0. The molecule has 0 fully saturated rings. The second-order valence-corrected chi connectivity index (χ2v) is 5.60. The second-order valence-electron chi connectivity index (χ2n) is 3.83. The van der Waals surface area contributed by atoms with Crippen molar-refractivity contribution >= 4 is 10.0 Å². The minimum absolute atomic E-state index is 0.198. The van der Waals surface area contributed by atoms with Crippen LogP contribution in [0.3, 0.4) is 0 Å². The summed E-state index contributed by atoms with van der Waals surface area (Å²) in [5.41, 5.74) is 6.33. The number of nitrogens with zero attached hydrogens (tertiary/aromatic N) is 2. The molecule has 102 valence electrons. The molecular weight excluding hydrogens is 268 g/mol. The minimum atomic E-state index is -3.52. The summed E-state index contributed by atoms with van der Waals surface area (Å²) in [6.07, 6.45) is 1.62. The predicted molar refractivity (Wildman–Crippen MR) is 67.5 cm³/mol. The van der Waals surface area contributed by atoms with Crippen LogP contribution in [0.4, 0.5) is 0 Å². The molecule has 1 aromatic carbocycles. The fourth-order valence-corrected chi connectivity index (χ4v) is 2.52. The fourth-order valence-electron chi connectivity index (χ4n) is 1.49. The first-order valence-corrected chi connectivity index (χ1v) is 7.14. The first kappa shape index (κ1) is 13.7. The SMILES string of the molecule is NCc1ccc(S(=O)(=O)NCCc2ncno2)cc1. The van der Waals surface area contributed by atoms with E-state index in [2.05, 4.69) is 14.9 Å². The molecule has 0 aliphatic carbocycles. The van der Waals surface area contributed by atoms with Gasteiger partial charge < -0.3 is 10.3 Å². The van der Waals surface area contributed by atoms with E-state index in [1.807, 2.05) is 0 Å². The van der Waals surface area contributed by atoms with E-state index in [1.54, 1.807) is 12.1 Å². The van der Waals surface area contributed by atoms with E-state index in [9.17, 15) is 8.42 Å². The molecule has 0 saturated carbocycles. The Hall–Kier alpha value is -1.77. The monoisotopic (exact) mass is 282 g/mol. The van der Waals surface area contributed by atoms with Crippen LogP contribution in [-0.2, 0) is 23.0 Å². The lowest BCUT2D eigenvalue weighted by atomic mass is 10.2. The number of nitrogens with two attached hydrogens (primary N) is 1. The standard InChI is InChI=1S/C11H14N4O3S/c12-7-9-1-3-10(4-2-9)19(16,17)15-6-5-11-13-8-14-18-11/h1-4,8,15H,5-7,12H2. The molecule has 0 unspecified atom stereocenters. The molecule has 0 radical (unpaired) electrons. The van der Waals surface area contributed by atoms with Crippen molar-refractivity contribution in [3.8, 4) is 0 Å². The van der Waals surface area contributed by atoms with Gasteiger partial charge in [-0.05, 0) is 17.7 Å². The molecule has 0 amide bonds. The van der Waals surface area contributed by atoms with Gasteiger partial charge in [0.2, 0.25) is 15.9 Å². The second kappa shape index (κ2) is 5.91. The predicted octanol–water partition coefficient (Wildman–Crippen LogP) is 0.0493. The number of rotatable bonds is 6. The van der Waals surface area contributed by atoms with Crippen LogP contribution < -0.4 is 10.5 Å². The largest absolute Gasteiger partial charge is 0.340 e. The van der Waals surface area contributed by atoms with Crippen molar-refractivity contribution in [2.45, 2.75) is 17.9 Å². The van der Waals surface area contributed by atoms with Gasteiger partial charge in [0, 0.05) is 19.5 Å². The van der Waals surface area contributed by atoms with Crippen molar-refractivity contribution in [2.75, 3.05) is 6.54 Å². The molecule has 0 spiro atoms. The van der Waals surface area contributed by atoms with Crippen LogP contribution >= 0.6 is 0 Å². The number of hydrogen-bond donors (Lipinski definition) is 2. The Kier molecular flexibility index (Phi) is 4.25. The Morgan fingerprint density at radius 2 is 2.00 bits per heavy atom. The molecule has 0 saturated heterocycles. The van der Waals surface area contributed by atoms with Crippen LogP contribution in [0.5, 0.6) is 0 Å². The fraction of sp³-hybridized carbons (Fsp3) is 0.273. The summed E-state index contributed by atoms with van der Waals surface area (Å²) in [6, 6.07) is 6.42. The summed E-state index contributed by atoms with van der Waals surface area (Å²) in [5.74, 6) is 0.390. The molecular formula is C11H14N4O3S. The molecule has 7 nitrogen and oxygen atoms in total. The molecule has 2 aromatic rings. The Morgan fingerprint density at radius 3 is 2.58 bits per heavy atom. The van der Waals surface area contributed by atoms with Crippen molar-refractivity contribution < 1.29 is 12.9 Å². The van der Waals surface area contributed by atoms with Crippen LogP contribution in [0.2, 0.25) is 0 Å². The molecule has 19 heavy (non-hydrogen) atoms. The average molecular weight is 282 g/mol. The van der Waals surface area contributed by atoms with Gasteiger partial charge in [0.05, 0.1) is 4.90 Å². The molecule has 1 heterocycles. The van der Waals surface area contributed by atoms with E-state index in [-0.39, 0.29) is 11.4 Å². The quantitative estimate of drug-likeness (QED) is 0.774. The number of hydrogen-bond acceptors (Lipinski definition) is 6. The molecule has 0 aliphatic heterocycles. The van der Waals surface area contributed by atoms with Crippen molar-refractivity contribution in [1.29, 1.82) is 0 Å². The van der Waals surface area contributed by atoms with Gasteiger partial charge >= 0.3 is 0 Å². The van der Waals surface area contributed by atoms with Gasteiger partial charge in [-0.3, -0.25) is 0 Å². The van der Waals surface area contributed by atoms with E-state index in [4.69, 9.17) is 10.3 Å². The molecule has 3 N–H and O–H groups in total. The highest BCUT2D eigenvalue weighted by molar-refractivity contribution is 7.89. The smallest absolute Gasteiger partial charge is 0.240 e. The van der Waals surface area contributed by atoms with Crippen LogP contribution in [0.25, 0.3) is 0 Å². The topological polar surface area (TPSA) is 111 Å². The Balaban J connectivity index is 1.97. The number of sulfonamides is 1. The van der Waals surface area contributed by atoms with Gasteiger partial charge in [-0.25, -0.2) is 13.1 Å². The average Bonchev–Trinajstić information content (AvgIpc) is 2.92. The van der Waals surface area contributed by atoms with Crippen LogP contribution in [0.1, 0.15) is 11.5 Å². The van der Waals surface area contributed by atoms with Crippen molar-refractivity contribution in [3.63, 3.8) is 0 Å². The zero-order valence-corrected chi connectivity index (χ0v) is 10.9. The van der Waals surface area contributed by atoms with Crippen LogP contribution in [0, 0.1) is 0 Å². The molecule has 0 aliphatic rings. The third-order valence-electron chi connectivity index (χ3n) is 2.51. The van der Waals surface area contributed by atoms with Gasteiger partial charge in [-0.2, -0.15) is 4.98 Å². The van der Waals surface area contributed by atoms with E-state index < -0.39 is 10.0 Å². The van der Waals surface area contributed by atoms with E-state index >= 15 is 0 Å². The van der Waals surface area contributed by atoms with Gasteiger partial charge in [0.15, 0.2) is 6.33 Å². The molecule has 1 aromatic heterocycles. The Labute approximate surface area is 110 Å². The van der Waals surface area contributed by atoms with Crippen LogP contribution in [0.15, 0.2) is 40.0 Å². The summed E-state index contributed by atoms with van der Waals surface area (Å²) in [7, 11) is -3.52. The first-order chi connectivity index (χ1) is 9.12. The zero-order valence-electron chi connectivity index (χ0n) is 10.1. The summed E-state index contributed by atoms with van der Waals surface area (Å²) >= 11 is 0. The number of nitrogens with one attached hydrogen (secondary N) is 1. The van der Waals surface area contributed by atoms with E-state index in [0.29, 0.717) is 18.9 Å². The normalized spacial score (nSPS) is 11.6. The lowest BCUT2D eigenvalue weighted by Gasteiger charge is -2.06. The van der Waals surface area contributed by atoms with Gasteiger partial charge in [-0.15, -0.1) is 0 Å².